The van der Waals surface area contributed by atoms with E-state index in [1.165, 1.54) is 44.1 Å². The Hall–Kier alpha value is -1.71. The van der Waals surface area contributed by atoms with Crippen LogP contribution in [0.5, 0.6) is 5.75 Å². The molecule has 0 bridgehead atoms. The zero-order valence-corrected chi connectivity index (χ0v) is 15.3. The molecule has 2 aliphatic heterocycles. The second-order valence-corrected chi connectivity index (χ2v) is 7.76. The van der Waals surface area contributed by atoms with Gasteiger partial charge in [0.25, 0.3) is 6.02 Å². The Labute approximate surface area is 151 Å². The topological polar surface area (TPSA) is 34.1 Å². The summed E-state index contributed by atoms with van der Waals surface area (Å²) in [6.45, 7) is 5.70. The van der Waals surface area contributed by atoms with Gasteiger partial charge in [0.2, 0.25) is 0 Å². The average Bonchev–Trinajstić information content (AvgIpc) is 3.09. The molecule has 25 heavy (non-hydrogen) atoms. The lowest BCUT2D eigenvalue weighted by Gasteiger charge is -2.25. The highest BCUT2D eigenvalue weighted by molar-refractivity contribution is 5.76. The van der Waals surface area contributed by atoms with Crippen LogP contribution in [0.15, 0.2) is 29.3 Å². The van der Waals surface area contributed by atoms with Crippen LogP contribution in [0.25, 0.3) is 0 Å². The van der Waals surface area contributed by atoms with Crippen LogP contribution in [0.3, 0.4) is 0 Å². The summed E-state index contributed by atoms with van der Waals surface area (Å²) in [6.07, 6.45) is 8.11. The highest BCUT2D eigenvalue weighted by Gasteiger charge is 2.33. The van der Waals surface area contributed by atoms with Gasteiger partial charge in [0.05, 0.1) is 6.54 Å². The third-order valence-corrected chi connectivity index (χ3v) is 5.90. The van der Waals surface area contributed by atoms with Crippen molar-refractivity contribution in [1.82, 2.24) is 4.90 Å². The highest BCUT2D eigenvalue weighted by Crippen LogP contribution is 2.33. The minimum Gasteiger partial charge on any atom is -0.490 e. The molecule has 1 aromatic rings. The molecule has 1 aromatic carbocycles. The van der Waals surface area contributed by atoms with Crippen LogP contribution in [0.1, 0.15) is 56.9 Å². The van der Waals surface area contributed by atoms with Crippen molar-refractivity contribution >= 4 is 6.02 Å². The lowest BCUT2D eigenvalue weighted by Crippen LogP contribution is -2.37. The molecule has 4 nitrogen and oxygen atoms in total. The van der Waals surface area contributed by atoms with Gasteiger partial charge in [-0.3, -0.25) is 0 Å². The number of aliphatic imine (C=N–C) groups is 1. The number of fused-ring (bicyclic) bond motifs is 1. The summed E-state index contributed by atoms with van der Waals surface area (Å²) in [6, 6.07) is 9.57. The lowest BCUT2D eigenvalue weighted by molar-refractivity contribution is 0.146. The van der Waals surface area contributed by atoms with Crippen molar-refractivity contribution in [3.8, 4) is 5.75 Å². The molecule has 1 aliphatic carbocycles. The normalized spacial score (nSPS) is 26.8. The molecular formula is C21H30N2O2. The Bertz CT molecular complexity index is 592. The molecule has 3 aliphatic rings. The maximum absolute atomic E-state index is 5.98. The third kappa shape index (κ3) is 3.94. The first-order valence-corrected chi connectivity index (χ1v) is 10.0. The summed E-state index contributed by atoms with van der Waals surface area (Å²) in [4.78, 5) is 6.85. The van der Waals surface area contributed by atoms with E-state index in [9.17, 15) is 0 Å². The zero-order valence-electron chi connectivity index (χ0n) is 15.3. The van der Waals surface area contributed by atoms with Crippen LogP contribution in [0.2, 0.25) is 0 Å². The van der Waals surface area contributed by atoms with E-state index < -0.39 is 0 Å². The van der Waals surface area contributed by atoms with E-state index in [1.54, 1.807) is 0 Å². The van der Waals surface area contributed by atoms with Crippen LogP contribution >= 0.6 is 0 Å². The Kier molecular flexibility index (Phi) is 5.14. The fourth-order valence-electron chi connectivity index (χ4n) is 4.26. The van der Waals surface area contributed by atoms with Crippen LogP contribution in [-0.4, -0.2) is 43.3 Å². The van der Waals surface area contributed by atoms with Crippen LogP contribution < -0.4 is 4.74 Å². The van der Waals surface area contributed by atoms with E-state index in [0.29, 0.717) is 12.5 Å². The van der Waals surface area contributed by atoms with Gasteiger partial charge in [-0.1, -0.05) is 38.3 Å². The summed E-state index contributed by atoms with van der Waals surface area (Å²) in [5.74, 6) is 2.36. The van der Waals surface area contributed by atoms with Gasteiger partial charge >= 0.3 is 0 Å². The second-order valence-electron chi connectivity index (χ2n) is 7.76. The molecule has 4 heteroatoms. The standard InChI is InChI=1S/C21H30N2O2/c1-2-16-12-22-21-23(13-16)14-20(25-21)15-24-19-10-8-18(9-11-19)17-6-4-3-5-7-17/h8-11,16-17,20H,2-7,12-15H2,1H3/t16-,20+/m1/s1. The number of nitrogens with zero attached hydrogens (tertiary/aromatic N) is 2. The molecule has 136 valence electrons. The molecule has 0 N–H and O–H groups in total. The maximum atomic E-state index is 5.98. The van der Waals surface area contributed by atoms with Crippen molar-refractivity contribution < 1.29 is 9.47 Å². The summed E-state index contributed by atoms with van der Waals surface area (Å²) in [5, 5.41) is 0. The van der Waals surface area contributed by atoms with Gasteiger partial charge in [-0.2, -0.15) is 0 Å². The maximum Gasteiger partial charge on any atom is 0.287 e. The van der Waals surface area contributed by atoms with Gasteiger partial charge in [0, 0.05) is 13.1 Å². The molecule has 4 rings (SSSR count). The van der Waals surface area contributed by atoms with Crippen molar-refractivity contribution in [2.45, 2.75) is 57.5 Å². The largest absolute Gasteiger partial charge is 0.490 e. The number of ether oxygens (including phenoxy) is 2. The van der Waals surface area contributed by atoms with Gasteiger partial charge in [0.1, 0.15) is 12.4 Å². The SMILES string of the molecule is CC[C@@H]1CN=C2O[C@H](COc3ccc(C4CCCCC4)cc3)CN2C1. The quantitative estimate of drug-likeness (QED) is 0.804. The van der Waals surface area contributed by atoms with E-state index in [1.807, 2.05) is 0 Å². The molecule has 0 amide bonds. The first kappa shape index (κ1) is 16.7. The smallest absolute Gasteiger partial charge is 0.287 e. The van der Waals surface area contributed by atoms with Crippen molar-refractivity contribution in [2.75, 3.05) is 26.2 Å². The number of hydrogen-bond acceptors (Lipinski definition) is 4. The van der Waals surface area contributed by atoms with E-state index >= 15 is 0 Å². The Morgan fingerprint density at radius 2 is 1.92 bits per heavy atom. The van der Waals surface area contributed by atoms with Crippen LogP contribution in [-0.2, 0) is 4.74 Å². The Morgan fingerprint density at radius 1 is 1.12 bits per heavy atom. The molecule has 0 unspecified atom stereocenters. The minimum atomic E-state index is 0.0902. The van der Waals surface area contributed by atoms with E-state index in [2.05, 4.69) is 41.1 Å². The number of rotatable bonds is 5. The van der Waals surface area contributed by atoms with Gasteiger partial charge < -0.3 is 14.4 Å². The first-order valence-electron chi connectivity index (χ1n) is 10.0. The van der Waals surface area contributed by atoms with E-state index in [-0.39, 0.29) is 6.10 Å². The van der Waals surface area contributed by atoms with Crippen molar-refractivity contribution in [1.29, 1.82) is 0 Å². The first-order chi connectivity index (χ1) is 12.3. The molecule has 2 heterocycles. The fourth-order valence-corrected chi connectivity index (χ4v) is 4.26. The predicted octanol–water partition coefficient (Wildman–Crippen LogP) is 4.21. The highest BCUT2D eigenvalue weighted by atomic mass is 16.6. The van der Waals surface area contributed by atoms with Crippen molar-refractivity contribution in [3.05, 3.63) is 29.8 Å². The van der Waals surface area contributed by atoms with Crippen LogP contribution in [0, 0.1) is 5.92 Å². The molecule has 2 fully saturated rings. The summed E-state index contributed by atoms with van der Waals surface area (Å²) in [7, 11) is 0. The zero-order chi connectivity index (χ0) is 17.1. The van der Waals surface area contributed by atoms with Crippen molar-refractivity contribution in [3.63, 3.8) is 0 Å². The molecule has 0 spiro atoms. The van der Waals surface area contributed by atoms with E-state index in [0.717, 1.165) is 37.3 Å². The summed E-state index contributed by atoms with van der Waals surface area (Å²) < 4.78 is 11.9. The van der Waals surface area contributed by atoms with Crippen molar-refractivity contribution in [2.24, 2.45) is 10.9 Å². The van der Waals surface area contributed by atoms with Gasteiger partial charge in [0.15, 0.2) is 6.10 Å². The second kappa shape index (κ2) is 7.67. The van der Waals surface area contributed by atoms with Gasteiger partial charge in [-0.25, -0.2) is 4.99 Å². The van der Waals surface area contributed by atoms with Crippen LogP contribution in [0.4, 0.5) is 0 Å². The van der Waals surface area contributed by atoms with E-state index in [4.69, 9.17) is 9.47 Å². The minimum absolute atomic E-state index is 0.0902. The number of hydrogen-bond donors (Lipinski definition) is 0. The van der Waals surface area contributed by atoms with Gasteiger partial charge in [-0.15, -0.1) is 0 Å². The summed E-state index contributed by atoms with van der Waals surface area (Å²) in [5.41, 5.74) is 1.47. The lowest BCUT2D eigenvalue weighted by atomic mass is 9.84. The molecular weight excluding hydrogens is 312 g/mol. The number of benzene rings is 1. The molecule has 0 aromatic heterocycles. The number of amidine groups is 1. The molecule has 0 radical (unpaired) electrons. The Morgan fingerprint density at radius 3 is 2.68 bits per heavy atom. The summed E-state index contributed by atoms with van der Waals surface area (Å²) >= 11 is 0. The molecule has 1 saturated heterocycles. The fraction of sp³-hybridized carbons (Fsp3) is 0.667. The third-order valence-electron chi connectivity index (χ3n) is 5.90. The van der Waals surface area contributed by atoms with Gasteiger partial charge in [-0.05, 0) is 48.8 Å². The molecule has 2 atom stereocenters. The Balaban J connectivity index is 1.28. The molecule has 1 saturated carbocycles. The monoisotopic (exact) mass is 342 g/mol. The predicted molar refractivity (Wildman–Crippen MR) is 100 cm³/mol. The average molecular weight is 342 g/mol.